The zero-order chi connectivity index (χ0) is 13.4. The normalized spacial score (nSPS) is 38.2. The fraction of sp³-hybridized carbons (Fsp3) is 0.857. The van der Waals surface area contributed by atoms with Crippen molar-refractivity contribution in [3.8, 4) is 0 Å². The van der Waals surface area contributed by atoms with Gasteiger partial charge in [-0.2, -0.15) is 0 Å². The van der Waals surface area contributed by atoms with E-state index in [2.05, 4.69) is 5.32 Å². The van der Waals surface area contributed by atoms with Crippen LogP contribution in [0.5, 0.6) is 0 Å². The van der Waals surface area contributed by atoms with Crippen LogP contribution in [-0.4, -0.2) is 47.6 Å². The van der Waals surface area contributed by atoms with Crippen molar-refractivity contribution in [1.82, 2.24) is 10.2 Å². The van der Waals surface area contributed by atoms with Crippen LogP contribution in [0.4, 0.5) is 0 Å². The van der Waals surface area contributed by atoms with E-state index in [0.717, 1.165) is 25.9 Å². The van der Waals surface area contributed by atoms with Crippen LogP contribution in [0.25, 0.3) is 0 Å². The molecule has 3 rings (SSSR count). The number of likely N-dealkylation sites (tertiary alicyclic amines) is 1. The summed E-state index contributed by atoms with van der Waals surface area (Å²) in [6, 6.07) is -0.0555. The molecule has 5 nitrogen and oxygen atoms in total. The first-order valence-electron chi connectivity index (χ1n) is 7.42. The largest absolute Gasteiger partial charge is 0.481 e. The van der Waals surface area contributed by atoms with Crippen molar-refractivity contribution in [3.05, 3.63) is 0 Å². The molecule has 1 aliphatic carbocycles. The summed E-state index contributed by atoms with van der Waals surface area (Å²) in [5, 5.41) is 12.5. The highest BCUT2D eigenvalue weighted by Crippen LogP contribution is 2.38. The molecule has 3 aliphatic rings. The monoisotopic (exact) mass is 266 g/mol. The summed E-state index contributed by atoms with van der Waals surface area (Å²) < 4.78 is 0. The lowest BCUT2D eigenvalue weighted by Crippen LogP contribution is -2.50. The number of hydrogen-bond donors (Lipinski definition) is 2. The van der Waals surface area contributed by atoms with Gasteiger partial charge in [-0.15, -0.1) is 0 Å². The molecule has 0 bridgehead atoms. The lowest BCUT2D eigenvalue weighted by atomic mass is 9.92. The number of amides is 1. The molecule has 2 aliphatic heterocycles. The van der Waals surface area contributed by atoms with Crippen LogP contribution in [0.15, 0.2) is 0 Å². The van der Waals surface area contributed by atoms with E-state index in [1.54, 1.807) is 4.90 Å². The molecule has 0 aromatic heterocycles. The molecule has 19 heavy (non-hydrogen) atoms. The lowest BCUT2D eigenvalue weighted by Gasteiger charge is -2.33. The summed E-state index contributed by atoms with van der Waals surface area (Å²) in [5.41, 5.74) is 0. The van der Waals surface area contributed by atoms with E-state index in [1.807, 2.05) is 0 Å². The maximum Gasteiger partial charge on any atom is 0.308 e. The SMILES string of the molecule is O=C(O)C1CCCN(C(=O)C2NCC3CCCC32)C1. The average molecular weight is 266 g/mol. The van der Waals surface area contributed by atoms with Gasteiger partial charge in [-0.25, -0.2) is 0 Å². The van der Waals surface area contributed by atoms with Crippen LogP contribution in [0, 0.1) is 17.8 Å². The predicted molar refractivity (Wildman–Crippen MR) is 69.6 cm³/mol. The molecule has 0 aromatic carbocycles. The minimum Gasteiger partial charge on any atom is -0.481 e. The molecule has 1 amide bonds. The first-order valence-corrected chi connectivity index (χ1v) is 7.42. The van der Waals surface area contributed by atoms with Gasteiger partial charge in [-0.05, 0) is 44.1 Å². The minimum absolute atomic E-state index is 0.0555. The van der Waals surface area contributed by atoms with Gasteiger partial charge in [0.15, 0.2) is 0 Å². The van der Waals surface area contributed by atoms with Crippen molar-refractivity contribution >= 4 is 11.9 Å². The van der Waals surface area contributed by atoms with Crippen molar-refractivity contribution in [3.63, 3.8) is 0 Å². The number of carboxylic acid groups (broad SMARTS) is 1. The van der Waals surface area contributed by atoms with E-state index in [-0.39, 0.29) is 17.9 Å². The molecule has 0 spiro atoms. The van der Waals surface area contributed by atoms with Crippen molar-refractivity contribution in [2.75, 3.05) is 19.6 Å². The second-order valence-electron chi connectivity index (χ2n) is 6.20. The minimum atomic E-state index is -0.768. The van der Waals surface area contributed by atoms with E-state index >= 15 is 0 Å². The topological polar surface area (TPSA) is 69.6 Å². The molecule has 0 radical (unpaired) electrons. The average Bonchev–Trinajstić information content (AvgIpc) is 3.00. The van der Waals surface area contributed by atoms with Crippen molar-refractivity contribution in [1.29, 1.82) is 0 Å². The Hall–Kier alpha value is -1.10. The third-order valence-corrected chi connectivity index (χ3v) is 5.09. The van der Waals surface area contributed by atoms with E-state index in [4.69, 9.17) is 5.11 Å². The van der Waals surface area contributed by atoms with E-state index in [0.29, 0.717) is 24.8 Å². The Balaban J connectivity index is 1.65. The number of piperidine rings is 1. The number of fused-ring (bicyclic) bond motifs is 1. The standard InChI is InChI=1S/C14H22N2O3/c17-13(12-11-5-1-3-9(11)7-15-12)16-6-2-4-10(8-16)14(18)19/h9-12,15H,1-8H2,(H,18,19). The van der Waals surface area contributed by atoms with Gasteiger partial charge in [0.05, 0.1) is 12.0 Å². The molecule has 106 valence electrons. The van der Waals surface area contributed by atoms with Gasteiger partial charge in [0.2, 0.25) is 5.91 Å². The predicted octanol–water partition coefficient (Wildman–Crippen LogP) is 0.698. The Bertz CT molecular complexity index is 385. The van der Waals surface area contributed by atoms with Crippen molar-refractivity contribution in [2.45, 2.75) is 38.1 Å². The molecule has 4 unspecified atom stereocenters. The number of carbonyl (C=O) groups is 2. The summed E-state index contributed by atoms with van der Waals surface area (Å²) in [6.07, 6.45) is 5.12. The number of carboxylic acids is 1. The molecular weight excluding hydrogens is 244 g/mol. The van der Waals surface area contributed by atoms with Gasteiger partial charge in [0.1, 0.15) is 0 Å². The molecule has 2 saturated heterocycles. The summed E-state index contributed by atoms with van der Waals surface area (Å²) in [4.78, 5) is 25.4. The van der Waals surface area contributed by atoms with Gasteiger partial charge < -0.3 is 15.3 Å². The Morgan fingerprint density at radius 1 is 1.16 bits per heavy atom. The highest BCUT2D eigenvalue weighted by molar-refractivity contribution is 5.83. The van der Waals surface area contributed by atoms with Crippen LogP contribution in [0.3, 0.4) is 0 Å². The fourth-order valence-corrected chi connectivity index (χ4v) is 4.03. The smallest absolute Gasteiger partial charge is 0.308 e. The molecule has 2 heterocycles. The van der Waals surface area contributed by atoms with Crippen LogP contribution < -0.4 is 5.32 Å². The van der Waals surface area contributed by atoms with Gasteiger partial charge in [-0.3, -0.25) is 9.59 Å². The molecule has 1 saturated carbocycles. The fourth-order valence-electron chi connectivity index (χ4n) is 4.03. The lowest BCUT2D eigenvalue weighted by molar-refractivity contribution is -0.146. The van der Waals surface area contributed by atoms with E-state index < -0.39 is 5.97 Å². The third kappa shape index (κ3) is 2.36. The highest BCUT2D eigenvalue weighted by Gasteiger charge is 2.44. The van der Waals surface area contributed by atoms with Crippen LogP contribution in [0.1, 0.15) is 32.1 Å². The maximum atomic E-state index is 12.6. The first kappa shape index (κ1) is 12.9. The quantitative estimate of drug-likeness (QED) is 0.772. The number of aliphatic carboxylic acids is 1. The maximum absolute atomic E-state index is 12.6. The first-order chi connectivity index (χ1) is 9.16. The zero-order valence-electron chi connectivity index (χ0n) is 11.2. The highest BCUT2D eigenvalue weighted by atomic mass is 16.4. The summed E-state index contributed by atoms with van der Waals surface area (Å²) in [7, 11) is 0. The Kier molecular flexibility index (Phi) is 3.48. The number of nitrogens with one attached hydrogen (secondary N) is 1. The molecular formula is C14H22N2O3. The number of rotatable bonds is 2. The van der Waals surface area contributed by atoms with Crippen molar-refractivity contribution < 1.29 is 14.7 Å². The number of hydrogen-bond acceptors (Lipinski definition) is 3. The van der Waals surface area contributed by atoms with Gasteiger partial charge in [-0.1, -0.05) is 6.42 Å². The number of carbonyl (C=O) groups excluding carboxylic acids is 1. The Labute approximate surface area is 113 Å². The Morgan fingerprint density at radius 3 is 2.79 bits per heavy atom. The molecule has 4 atom stereocenters. The molecule has 2 N–H and O–H groups in total. The van der Waals surface area contributed by atoms with Gasteiger partial charge >= 0.3 is 5.97 Å². The van der Waals surface area contributed by atoms with Gasteiger partial charge in [0, 0.05) is 13.1 Å². The second kappa shape index (κ2) is 5.12. The summed E-state index contributed by atoms with van der Waals surface area (Å²) in [5.74, 6) is 0.140. The molecule has 0 aromatic rings. The van der Waals surface area contributed by atoms with E-state index in [9.17, 15) is 9.59 Å². The molecule has 3 fully saturated rings. The van der Waals surface area contributed by atoms with Crippen LogP contribution >= 0.6 is 0 Å². The summed E-state index contributed by atoms with van der Waals surface area (Å²) in [6.45, 7) is 2.07. The van der Waals surface area contributed by atoms with Gasteiger partial charge in [0.25, 0.3) is 0 Å². The zero-order valence-corrected chi connectivity index (χ0v) is 11.2. The van der Waals surface area contributed by atoms with E-state index in [1.165, 1.54) is 12.8 Å². The van der Waals surface area contributed by atoms with Crippen molar-refractivity contribution in [2.24, 2.45) is 17.8 Å². The number of nitrogens with zero attached hydrogens (tertiary/aromatic N) is 1. The van der Waals surface area contributed by atoms with Crippen LogP contribution in [-0.2, 0) is 9.59 Å². The molecule has 5 heteroatoms. The van der Waals surface area contributed by atoms with Crippen LogP contribution in [0.2, 0.25) is 0 Å². The third-order valence-electron chi connectivity index (χ3n) is 5.09. The second-order valence-corrected chi connectivity index (χ2v) is 6.20. The summed E-state index contributed by atoms with van der Waals surface area (Å²) >= 11 is 0. The Morgan fingerprint density at radius 2 is 2.00 bits per heavy atom.